The van der Waals surface area contributed by atoms with E-state index < -0.39 is 47.1 Å². The van der Waals surface area contributed by atoms with Crippen molar-refractivity contribution in [3.05, 3.63) is 166 Å². The molecule has 1 atom stereocenters. The minimum absolute atomic E-state index is 0.0269. The third-order valence-electron chi connectivity index (χ3n) is 10.9. The Hall–Kier alpha value is -7.66. The Kier molecular flexibility index (Phi) is 7.55. The van der Waals surface area contributed by atoms with Gasteiger partial charge in [-0.1, -0.05) is 66.7 Å². The number of imide groups is 2. The van der Waals surface area contributed by atoms with Crippen LogP contribution in [0.3, 0.4) is 0 Å². The molecule has 7 aromatic rings. The molecule has 0 saturated heterocycles. The minimum Gasteiger partial charge on any atom is -0.462 e. The third kappa shape index (κ3) is 5.12. The maximum atomic E-state index is 13.9. The number of ether oxygens (including phenoxy) is 1. The number of hydrogen-bond acceptors (Lipinski definition) is 9. The highest BCUT2D eigenvalue weighted by Gasteiger charge is 2.42. The number of aromatic nitrogens is 1. The monoisotopic (exact) mass is 749 g/mol. The van der Waals surface area contributed by atoms with Gasteiger partial charge in [0.2, 0.25) is 0 Å². The Bertz CT molecular complexity index is 2940. The van der Waals surface area contributed by atoms with Gasteiger partial charge in [-0.15, -0.1) is 0 Å². The number of Topliss-reactive ketones (excluding diaryl/α,β-unsaturated/α-hetero) is 2. The van der Waals surface area contributed by atoms with Crippen molar-refractivity contribution in [1.29, 1.82) is 0 Å². The van der Waals surface area contributed by atoms with Gasteiger partial charge in [0.1, 0.15) is 5.92 Å². The van der Waals surface area contributed by atoms with Crippen LogP contribution in [-0.4, -0.2) is 64.2 Å². The lowest BCUT2D eigenvalue weighted by Crippen LogP contribution is -2.41. The molecule has 1 aromatic heterocycles. The number of amides is 4. The van der Waals surface area contributed by atoms with E-state index in [2.05, 4.69) is 0 Å². The molecule has 10 rings (SSSR count). The lowest BCUT2D eigenvalue weighted by atomic mass is 9.94. The molecule has 0 N–H and O–H groups in total. The first-order valence-corrected chi connectivity index (χ1v) is 18.3. The Morgan fingerprint density at radius 1 is 0.561 bits per heavy atom. The van der Waals surface area contributed by atoms with Gasteiger partial charge in [-0.3, -0.25) is 33.7 Å². The fourth-order valence-electron chi connectivity index (χ4n) is 8.18. The van der Waals surface area contributed by atoms with Crippen LogP contribution in [0, 0.1) is 0 Å². The second kappa shape index (κ2) is 12.7. The summed E-state index contributed by atoms with van der Waals surface area (Å²) in [7, 11) is 0. The molecule has 1 unspecified atom stereocenters. The molecule has 11 heteroatoms. The lowest BCUT2D eigenvalue weighted by Gasteiger charge is -2.27. The van der Waals surface area contributed by atoms with Gasteiger partial charge >= 0.3 is 5.97 Å². The molecule has 6 aromatic carbocycles. The van der Waals surface area contributed by atoms with Crippen molar-refractivity contribution in [2.24, 2.45) is 0 Å². The SMILES string of the molecule is O=C(OCCCN1C(=O)c2cccc3cccc(c23)C1=O)c1ccc2c(c1)C(=O)C(c1ccc3cccc(N4C(=O)c5cc6ccccc6cc5C4=O)c3n1)C2=O. The lowest BCUT2D eigenvalue weighted by molar-refractivity contribution is 0.0475. The van der Waals surface area contributed by atoms with Gasteiger partial charge in [-0.25, -0.2) is 14.7 Å². The molecule has 0 radical (unpaired) electrons. The number of para-hydroxylation sites is 1. The summed E-state index contributed by atoms with van der Waals surface area (Å²) in [5.74, 6) is -4.95. The van der Waals surface area contributed by atoms with Crippen LogP contribution >= 0.6 is 0 Å². The molecular weight excluding hydrogens is 723 g/mol. The number of ketones is 2. The zero-order chi connectivity index (χ0) is 39.1. The summed E-state index contributed by atoms with van der Waals surface area (Å²) in [5.41, 5.74) is 2.26. The van der Waals surface area contributed by atoms with E-state index in [-0.39, 0.29) is 64.3 Å². The molecule has 4 amide bonds. The van der Waals surface area contributed by atoms with Crippen LogP contribution < -0.4 is 4.90 Å². The molecule has 274 valence electrons. The highest BCUT2D eigenvalue weighted by Crippen LogP contribution is 2.38. The van der Waals surface area contributed by atoms with Gasteiger partial charge in [0.05, 0.1) is 40.2 Å². The number of nitrogens with zero attached hydrogens (tertiary/aromatic N) is 3. The maximum absolute atomic E-state index is 13.9. The third-order valence-corrected chi connectivity index (χ3v) is 10.9. The van der Waals surface area contributed by atoms with E-state index in [0.29, 0.717) is 21.9 Å². The molecule has 0 fully saturated rings. The average Bonchev–Trinajstić information content (AvgIpc) is 3.63. The van der Waals surface area contributed by atoms with Crippen LogP contribution in [-0.2, 0) is 4.74 Å². The van der Waals surface area contributed by atoms with Gasteiger partial charge in [0.25, 0.3) is 23.6 Å². The van der Waals surface area contributed by atoms with E-state index >= 15 is 0 Å². The number of anilines is 1. The van der Waals surface area contributed by atoms with E-state index in [0.717, 1.165) is 26.0 Å². The molecule has 0 spiro atoms. The number of pyridine rings is 1. The predicted octanol–water partition coefficient (Wildman–Crippen LogP) is 7.35. The number of benzene rings is 6. The summed E-state index contributed by atoms with van der Waals surface area (Å²) in [5, 5.41) is 3.66. The van der Waals surface area contributed by atoms with Crippen molar-refractivity contribution in [1.82, 2.24) is 9.88 Å². The normalized spacial score (nSPS) is 16.0. The van der Waals surface area contributed by atoms with Crippen molar-refractivity contribution in [2.45, 2.75) is 12.3 Å². The summed E-state index contributed by atoms with van der Waals surface area (Å²) in [6, 6.07) is 33.9. The van der Waals surface area contributed by atoms with Crippen LogP contribution in [0.5, 0.6) is 0 Å². The van der Waals surface area contributed by atoms with E-state index in [9.17, 15) is 33.6 Å². The Morgan fingerprint density at radius 2 is 1.18 bits per heavy atom. The number of carbonyl (C=O) groups excluding carboxylic acids is 7. The number of hydrogen-bond donors (Lipinski definition) is 0. The van der Waals surface area contributed by atoms with Crippen LogP contribution in [0.25, 0.3) is 32.4 Å². The van der Waals surface area contributed by atoms with Gasteiger partial charge in [-0.05, 0) is 77.2 Å². The van der Waals surface area contributed by atoms with Gasteiger partial charge in [0.15, 0.2) is 11.6 Å². The van der Waals surface area contributed by atoms with Crippen LogP contribution in [0.4, 0.5) is 5.69 Å². The fraction of sp³-hybridized carbons (Fsp3) is 0.0870. The molecule has 1 aliphatic carbocycles. The molecule has 2 aliphatic heterocycles. The van der Waals surface area contributed by atoms with Crippen LogP contribution in [0.2, 0.25) is 0 Å². The smallest absolute Gasteiger partial charge is 0.338 e. The van der Waals surface area contributed by atoms with E-state index in [1.165, 1.54) is 18.2 Å². The van der Waals surface area contributed by atoms with E-state index in [4.69, 9.17) is 9.72 Å². The van der Waals surface area contributed by atoms with Crippen molar-refractivity contribution < 1.29 is 38.3 Å². The zero-order valence-electron chi connectivity index (χ0n) is 29.9. The van der Waals surface area contributed by atoms with Gasteiger partial charge in [0, 0.05) is 39.6 Å². The Labute approximate surface area is 323 Å². The molecule has 3 aliphatic rings. The van der Waals surface area contributed by atoms with Crippen molar-refractivity contribution in [3.8, 4) is 0 Å². The van der Waals surface area contributed by atoms with Crippen molar-refractivity contribution in [2.75, 3.05) is 18.1 Å². The molecule has 57 heavy (non-hydrogen) atoms. The Balaban J connectivity index is 0.860. The zero-order valence-corrected chi connectivity index (χ0v) is 29.9. The summed E-state index contributed by atoms with van der Waals surface area (Å²) in [6.07, 6.45) is 0.179. The fourth-order valence-corrected chi connectivity index (χ4v) is 8.18. The molecular formula is C46H27N3O8. The van der Waals surface area contributed by atoms with Crippen LogP contribution in [0.1, 0.15) is 90.5 Å². The highest BCUT2D eigenvalue weighted by atomic mass is 16.5. The van der Waals surface area contributed by atoms with Gasteiger partial charge in [-0.2, -0.15) is 0 Å². The molecule has 0 bridgehead atoms. The minimum atomic E-state index is -1.31. The van der Waals surface area contributed by atoms with E-state index in [1.807, 2.05) is 36.4 Å². The summed E-state index contributed by atoms with van der Waals surface area (Å²) in [4.78, 5) is 102. The quantitative estimate of drug-likeness (QED) is 0.0706. The maximum Gasteiger partial charge on any atom is 0.338 e. The number of carbonyl (C=O) groups is 7. The largest absolute Gasteiger partial charge is 0.462 e. The predicted molar refractivity (Wildman–Crippen MR) is 209 cm³/mol. The molecule has 11 nitrogen and oxygen atoms in total. The van der Waals surface area contributed by atoms with E-state index in [1.54, 1.807) is 66.7 Å². The van der Waals surface area contributed by atoms with Crippen LogP contribution in [0.15, 0.2) is 121 Å². The highest BCUT2D eigenvalue weighted by molar-refractivity contribution is 6.37. The average molecular weight is 750 g/mol. The van der Waals surface area contributed by atoms with Crippen molar-refractivity contribution in [3.63, 3.8) is 0 Å². The molecule has 3 heterocycles. The number of rotatable bonds is 7. The number of esters is 1. The summed E-state index contributed by atoms with van der Waals surface area (Å²) < 4.78 is 5.47. The summed E-state index contributed by atoms with van der Waals surface area (Å²) >= 11 is 0. The first-order valence-electron chi connectivity index (χ1n) is 18.3. The topological polar surface area (TPSA) is 148 Å². The second-order valence-corrected chi connectivity index (χ2v) is 14.2. The molecule has 0 saturated carbocycles. The van der Waals surface area contributed by atoms with Gasteiger partial charge < -0.3 is 4.74 Å². The number of fused-ring (bicyclic) bond motifs is 4. The standard InChI is InChI=1S/C46H27N3O8/c50-40-29-17-15-28(46(56)57-20-6-19-48-42(52)30-12-3-9-24-10-4-13-31(37(24)30)43(48)53)23-32(29)41(51)38(40)35-18-16-25-11-5-14-36(39(25)47-35)49-44(54)33-21-26-7-1-2-8-27(26)22-34(33)45(49)55/h1-5,7-18,21-23,38H,6,19-20H2. The first kappa shape index (κ1) is 33.9. The summed E-state index contributed by atoms with van der Waals surface area (Å²) in [6.45, 7) is -0.0831. The first-order chi connectivity index (χ1) is 27.7. The van der Waals surface area contributed by atoms with Crippen molar-refractivity contribution >= 4 is 79.3 Å². The Morgan fingerprint density at radius 3 is 1.86 bits per heavy atom. The second-order valence-electron chi connectivity index (χ2n) is 14.2.